The molecule has 1 saturated heterocycles. The van der Waals surface area contributed by atoms with Crippen LogP contribution in [0.2, 0.25) is 0 Å². The highest BCUT2D eigenvalue weighted by Gasteiger charge is 2.51. The van der Waals surface area contributed by atoms with Crippen LogP contribution in [0.15, 0.2) is 36.0 Å². The van der Waals surface area contributed by atoms with Gasteiger partial charge < -0.3 is 14.2 Å². The number of anilines is 1. The molecule has 3 nitrogen and oxygen atoms in total. The first-order valence-electron chi connectivity index (χ1n) is 8.13. The Bertz CT molecular complexity index is 593. The predicted molar refractivity (Wildman–Crippen MR) is 92.5 cm³/mol. The maximum absolute atomic E-state index is 6.17. The van der Waals surface area contributed by atoms with Crippen LogP contribution >= 0.6 is 0 Å². The van der Waals surface area contributed by atoms with Crippen molar-refractivity contribution >= 4 is 18.3 Å². The van der Waals surface area contributed by atoms with Gasteiger partial charge in [-0.05, 0) is 65.6 Å². The van der Waals surface area contributed by atoms with Gasteiger partial charge in [0.05, 0.1) is 11.2 Å². The lowest BCUT2D eigenvalue weighted by Crippen LogP contribution is -2.41. The zero-order chi connectivity index (χ0) is 16.1. The lowest BCUT2D eigenvalue weighted by atomic mass is 9.79. The third-order valence-corrected chi connectivity index (χ3v) is 5.25. The lowest BCUT2D eigenvalue weighted by molar-refractivity contribution is 0.00578. The minimum absolute atomic E-state index is 0.299. The summed E-state index contributed by atoms with van der Waals surface area (Å²) in [7, 11) is -0.299. The predicted octanol–water partition coefficient (Wildman–Crippen LogP) is 3.49. The SMILES string of the molecule is CC1=CCC(C)N1c1cccc(B2OC(C)(C)C(C)(C)O2)c1. The molecule has 1 aromatic rings. The van der Waals surface area contributed by atoms with Crippen LogP contribution in [0, 0.1) is 0 Å². The van der Waals surface area contributed by atoms with Gasteiger partial charge in [0, 0.05) is 17.4 Å². The van der Waals surface area contributed by atoms with Gasteiger partial charge in [-0.25, -0.2) is 0 Å². The van der Waals surface area contributed by atoms with Gasteiger partial charge in [-0.15, -0.1) is 0 Å². The van der Waals surface area contributed by atoms with Crippen molar-refractivity contribution in [1.29, 1.82) is 0 Å². The smallest absolute Gasteiger partial charge is 0.399 e. The Morgan fingerprint density at radius 3 is 2.32 bits per heavy atom. The molecule has 1 aromatic carbocycles. The summed E-state index contributed by atoms with van der Waals surface area (Å²) >= 11 is 0. The van der Waals surface area contributed by atoms with Crippen molar-refractivity contribution in [2.45, 2.75) is 65.2 Å². The third-order valence-electron chi connectivity index (χ3n) is 5.25. The Kier molecular flexibility index (Phi) is 3.65. The second-order valence-electron chi connectivity index (χ2n) is 7.48. The fourth-order valence-corrected chi connectivity index (χ4v) is 3.15. The molecule has 3 rings (SSSR count). The quantitative estimate of drug-likeness (QED) is 0.780. The Balaban J connectivity index is 1.89. The molecule has 0 aliphatic carbocycles. The van der Waals surface area contributed by atoms with E-state index < -0.39 is 0 Å². The molecule has 0 N–H and O–H groups in total. The van der Waals surface area contributed by atoms with Gasteiger partial charge in [0.25, 0.3) is 0 Å². The summed E-state index contributed by atoms with van der Waals surface area (Å²) in [6.07, 6.45) is 3.40. The first kappa shape index (κ1) is 15.6. The number of allylic oxidation sites excluding steroid dienone is 1. The first-order chi connectivity index (χ1) is 10.2. The van der Waals surface area contributed by atoms with Gasteiger partial charge in [0.15, 0.2) is 0 Å². The van der Waals surface area contributed by atoms with Crippen molar-refractivity contribution in [3.63, 3.8) is 0 Å². The molecule has 1 unspecified atom stereocenters. The van der Waals surface area contributed by atoms with Crippen LogP contribution in [-0.2, 0) is 9.31 Å². The topological polar surface area (TPSA) is 21.7 Å². The highest BCUT2D eigenvalue weighted by molar-refractivity contribution is 6.62. The summed E-state index contributed by atoms with van der Waals surface area (Å²) in [4.78, 5) is 2.38. The van der Waals surface area contributed by atoms with Gasteiger partial charge in [-0.3, -0.25) is 0 Å². The average Bonchev–Trinajstić information content (AvgIpc) is 2.87. The van der Waals surface area contributed by atoms with Crippen LogP contribution in [0.25, 0.3) is 0 Å². The molecule has 22 heavy (non-hydrogen) atoms. The zero-order valence-electron chi connectivity index (χ0n) is 14.5. The molecule has 2 heterocycles. The van der Waals surface area contributed by atoms with Gasteiger partial charge >= 0.3 is 7.12 Å². The van der Waals surface area contributed by atoms with Crippen LogP contribution in [0.3, 0.4) is 0 Å². The number of benzene rings is 1. The van der Waals surface area contributed by atoms with Gasteiger partial charge in [0.2, 0.25) is 0 Å². The molecule has 0 radical (unpaired) electrons. The Morgan fingerprint density at radius 2 is 1.77 bits per heavy atom. The molecule has 0 spiro atoms. The van der Waals surface area contributed by atoms with Crippen LogP contribution in [0.4, 0.5) is 5.69 Å². The summed E-state index contributed by atoms with van der Waals surface area (Å²) < 4.78 is 12.3. The van der Waals surface area contributed by atoms with E-state index in [2.05, 4.69) is 76.8 Å². The fraction of sp³-hybridized carbons (Fsp3) is 0.556. The molecule has 1 fully saturated rings. The highest BCUT2D eigenvalue weighted by Crippen LogP contribution is 2.37. The van der Waals surface area contributed by atoms with Crippen molar-refractivity contribution in [1.82, 2.24) is 0 Å². The molecule has 1 atom stereocenters. The summed E-state index contributed by atoms with van der Waals surface area (Å²) in [5.41, 5.74) is 3.02. The van der Waals surface area contributed by atoms with E-state index in [9.17, 15) is 0 Å². The minimum atomic E-state index is -0.301. The summed E-state index contributed by atoms with van der Waals surface area (Å²) in [6, 6.07) is 9.04. The monoisotopic (exact) mass is 299 g/mol. The van der Waals surface area contributed by atoms with Crippen LogP contribution in [-0.4, -0.2) is 24.4 Å². The minimum Gasteiger partial charge on any atom is -0.399 e. The van der Waals surface area contributed by atoms with E-state index in [4.69, 9.17) is 9.31 Å². The maximum atomic E-state index is 6.17. The molecule has 0 saturated carbocycles. The number of hydrogen-bond donors (Lipinski definition) is 0. The molecular weight excluding hydrogens is 273 g/mol. The molecule has 0 bridgehead atoms. The number of hydrogen-bond acceptors (Lipinski definition) is 3. The van der Waals surface area contributed by atoms with E-state index in [0.29, 0.717) is 6.04 Å². The van der Waals surface area contributed by atoms with Gasteiger partial charge in [-0.1, -0.05) is 18.2 Å². The molecule has 0 aromatic heterocycles. The number of nitrogens with zero attached hydrogens (tertiary/aromatic N) is 1. The molecule has 0 amide bonds. The van der Waals surface area contributed by atoms with Crippen molar-refractivity contribution in [3.05, 3.63) is 36.0 Å². The number of rotatable bonds is 2. The first-order valence-corrected chi connectivity index (χ1v) is 8.13. The highest BCUT2D eigenvalue weighted by atomic mass is 16.7. The molecule has 118 valence electrons. The van der Waals surface area contributed by atoms with Crippen molar-refractivity contribution in [3.8, 4) is 0 Å². The van der Waals surface area contributed by atoms with E-state index in [1.54, 1.807) is 0 Å². The van der Waals surface area contributed by atoms with Crippen molar-refractivity contribution < 1.29 is 9.31 Å². The van der Waals surface area contributed by atoms with Gasteiger partial charge in [-0.2, -0.15) is 0 Å². The molecule has 4 heteroatoms. The average molecular weight is 299 g/mol. The summed E-state index contributed by atoms with van der Waals surface area (Å²) in [6.45, 7) is 12.8. The van der Waals surface area contributed by atoms with E-state index in [0.717, 1.165) is 11.9 Å². The lowest BCUT2D eigenvalue weighted by Gasteiger charge is -2.32. The maximum Gasteiger partial charge on any atom is 0.494 e. The molecular formula is C18H26BNO2. The van der Waals surface area contributed by atoms with Crippen molar-refractivity contribution in [2.75, 3.05) is 4.90 Å². The second kappa shape index (κ2) is 5.14. The Hall–Kier alpha value is -1.26. The van der Waals surface area contributed by atoms with E-state index in [1.165, 1.54) is 11.4 Å². The standard InChI is InChI=1S/C18H26BNO2/c1-13-10-11-14(2)20(13)16-9-7-8-15(12-16)19-21-17(3,4)18(5,6)22-19/h7-10,12,14H,11H2,1-6H3. The van der Waals surface area contributed by atoms with Crippen LogP contribution in [0.5, 0.6) is 0 Å². The third kappa shape index (κ3) is 2.48. The van der Waals surface area contributed by atoms with E-state index in [-0.39, 0.29) is 18.3 Å². The van der Waals surface area contributed by atoms with Gasteiger partial charge in [0.1, 0.15) is 0 Å². The van der Waals surface area contributed by atoms with E-state index >= 15 is 0 Å². The van der Waals surface area contributed by atoms with Crippen LogP contribution < -0.4 is 10.4 Å². The molecule has 2 aliphatic heterocycles. The summed E-state index contributed by atoms with van der Waals surface area (Å²) in [5, 5.41) is 0. The second-order valence-corrected chi connectivity index (χ2v) is 7.48. The normalized spacial score (nSPS) is 26.5. The zero-order valence-corrected chi connectivity index (χ0v) is 14.5. The Labute approximate surface area is 134 Å². The largest absolute Gasteiger partial charge is 0.494 e. The fourth-order valence-electron chi connectivity index (χ4n) is 3.15. The van der Waals surface area contributed by atoms with Crippen LogP contribution in [0.1, 0.15) is 48.0 Å². The van der Waals surface area contributed by atoms with E-state index in [1.807, 2.05) is 0 Å². The Morgan fingerprint density at radius 1 is 1.14 bits per heavy atom. The molecule has 2 aliphatic rings. The van der Waals surface area contributed by atoms with Crippen molar-refractivity contribution in [2.24, 2.45) is 0 Å². The summed E-state index contributed by atoms with van der Waals surface area (Å²) in [5.74, 6) is 0.